The Balaban J connectivity index is 1.29. The van der Waals surface area contributed by atoms with Crippen molar-refractivity contribution in [3.63, 3.8) is 0 Å². The zero-order valence-corrected chi connectivity index (χ0v) is 16.6. The molecule has 1 aliphatic heterocycles. The summed E-state index contributed by atoms with van der Waals surface area (Å²) in [5.41, 5.74) is 0.293. The van der Waals surface area contributed by atoms with Gasteiger partial charge >= 0.3 is 6.03 Å². The normalized spacial score (nSPS) is 35.5. The Morgan fingerprint density at radius 1 is 1.07 bits per heavy atom. The molecule has 6 rings (SSSR count). The van der Waals surface area contributed by atoms with E-state index in [1.54, 1.807) is 6.92 Å². The van der Waals surface area contributed by atoms with Gasteiger partial charge in [-0.2, -0.15) is 0 Å². The molecule has 154 valence electrons. The lowest BCUT2D eigenvalue weighted by Crippen LogP contribution is -2.61. The van der Waals surface area contributed by atoms with Gasteiger partial charge in [-0.15, -0.1) is 0 Å². The third-order valence-electron chi connectivity index (χ3n) is 7.30. The molecule has 4 saturated carbocycles. The lowest BCUT2D eigenvalue weighted by Gasteiger charge is -2.56. The summed E-state index contributed by atoms with van der Waals surface area (Å²) in [6, 6.07) is 4.19. The van der Waals surface area contributed by atoms with E-state index in [1.165, 1.54) is 48.4 Å². The Morgan fingerprint density at radius 3 is 2.17 bits per heavy atom. The molecular formula is C22H26FN3O3. The lowest BCUT2D eigenvalue weighted by atomic mass is 9.53. The van der Waals surface area contributed by atoms with Crippen molar-refractivity contribution in [1.82, 2.24) is 10.2 Å². The van der Waals surface area contributed by atoms with Crippen LogP contribution >= 0.6 is 0 Å². The van der Waals surface area contributed by atoms with Crippen molar-refractivity contribution in [2.24, 2.45) is 17.8 Å². The van der Waals surface area contributed by atoms with Gasteiger partial charge in [-0.05, 0) is 87.5 Å². The van der Waals surface area contributed by atoms with Gasteiger partial charge in [-0.1, -0.05) is 0 Å². The van der Waals surface area contributed by atoms with Crippen LogP contribution in [0.3, 0.4) is 0 Å². The van der Waals surface area contributed by atoms with Crippen LogP contribution in [0.15, 0.2) is 24.3 Å². The first-order valence-electron chi connectivity index (χ1n) is 10.5. The smallest absolute Gasteiger partial charge is 0.332 e. The molecule has 1 saturated heterocycles. The molecule has 29 heavy (non-hydrogen) atoms. The van der Waals surface area contributed by atoms with Crippen LogP contribution in [0.4, 0.5) is 14.9 Å². The predicted molar refractivity (Wildman–Crippen MR) is 104 cm³/mol. The first-order chi connectivity index (χ1) is 13.8. The number of anilines is 1. The van der Waals surface area contributed by atoms with Crippen molar-refractivity contribution >= 4 is 23.5 Å². The first kappa shape index (κ1) is 18.6. The molecule has 1 unspecified atom stereocenters. The largest absolute Gasteiger partial charge is 0.349 e. The zero-order chi connectivity index (χ0) is 20.3. The number of hydrogen-bond donors (Lipinski definition) is 1. The van der Waals surface area contributed by atoms with E-state index in [2.05, 4.69) is 5.32 Å². The number of carbonyl (C=O) groups excluding carboxylic acids is 3. The van der Waals surface area contributed by atoms with Gasteiger partial charge in [-0.25, -0.2) is 9.18 Å². The number of halogens is 1. The van der Waals surface area contributed by atoms with Gasteiger partial charge in [0.2, 0.25) is 5.91 Å². The van der Waals surface area contributed by atoms with Crippen molar-refractivity contribution in [3.8, 4) is 0 Å². The van der Waals surface area contributed by atoms with E-state index in [4.69, 9.17) is 0 Å². The Bertz CT molecular complexity index is 833. The Hall–Kier alpha value is -2.44. The number of benzene rings is 1. The predicted octanol–water partition coefficient (Wildman–Crippen LogP) is 3.07. The summed E-state index contributed by atoms with van der Waals surface area (Å²) in [6.07, 6.45) is 6.90. The second-order valence-electron chi connectivity index (χ2n) is 9.48. The molecule has 0 aromatic heterocycles. The molecule has 4 amide bonds. The molecule has 4 aliphatic carbocycles. The summed E-state index contributed by atoms with van der Waals surface area (Å²) in [6.45, 7) is 1.36. The molecule has 0 spiro atoms. The number of carbonyl (C=O) groups is 3. The highest BCUT2D eigenvalue weighted by Crippen LogP contribution is 2.55. The molecule has 5 aliphatic rings. The van der Waals surface area contributed by atoms with Crippen LogP contribution in [0, 0.1) is 23.6 Å². The van der Waals surface area contributed by atoms with Gasteiger partial charge in [-0.3, -0.25) is 19.4 Å². The van der Waals surface area contributed by atoms with Crippen molar-refractivity contribution in [2.75, 3.05) is 11.4 Å². The van der Waals surface area contributed by atoms with E-state index >= 15 is 0 Å². The SMILES string of the molecule is CC1C(=O)N(CC(=O)NC23CC4CC(CC(C4)C2)C3)C(=O)N1c1ccc(F)cc1. The van der Waals surface area contributed by atoms with E-state index in [0.29, 0.717) is 23.4 Å². The summed E-state index contributed by atoms with van der Waals surface area (Å²) < 4.78 is 13.2. The first-order valence-corrected chi connectivity index (χ1v) is 10.5. The number of nitrogens with one attached hydrogen (secondary N) is 1. The fraction of sp³-hybridized carbons (Fsp3) is 0.591. The number of imide groups is 1. The summed E-state index contributed by atoms with van der Waals surface area (Å²) in [5.74, 6) is 1.02. The van der Waals surface area contributed by atoms with Gasteiger partial charge in [0, 0.05) is 11.2 Å². The maximum atomic E-state index is 13.2. The fourth-order valence-electron chi connectivity index (χ4n) is 6.55. The Kier molecular flexibility index (Phi) is 4.19. The monoisotopic (exact) mass is 399 g/mol. The topological polar surface area (TPSA) is 69.7 Å². The maximum absolute atomic E-state index is 13.2. The van der Waals surface area contributed by atoms with E-state index in [0.717, 1.165) is 24.2 Å². The third kappa shape index (κ3) is 3.11. The number of rotatable bonds is 4. The molecule has 1 atom stereocenters. The fourth-order valence-corrected chi connectivity index (χ4v) is 6.55. The summed E-state index contributed by atoms with van der Waals surface area (Å²) in [5, 5.41) is 3.22. The van der Waals surface area contributed by atoms with Crippen LogP contribution in [-0.2, 0) is 9.59 Å². The molecule has 5 fully saturated rings. The average Bonchev–Trinajstić information content (AvgIpc) is 2.84. The van der Waals surface area contributed by atoms with Crippen molar-refractivity contribution < 1.29 is 18.8 Å². The summed E-state index contributed by atoms with van der Waals surface area (Å²) in [4.78, 5) is 40.7. The average molecular weight is 399 g/mol. The van der Waals surface area contributed by atoms with Gasteiger partial charge in [0.15, 0.2) is 0 Å². The highest BCUT2D eigenvalue weighted by Gasteiger charge is 2.52. The van der Waals surface area contributed by atoms with E-state index in [-0.39, 0.29) is 18.0 Å². The van der Waals surface area contributed by atoms with Crippen LogP contribution in [-0.4, -0.2) is 40.9 Å². The van der Waals surface area contributed by atoms with Crippen molar-refractivity contribution in [1.29, 1.82) is 0 Å². The van der Waals surface area contributed by atoms with Crippen LogP contribution < -0.4 is 10.2 Å². The standard InChI is InChI=1S/C22H26FN3O3/c1-13-20(28)25(21(29)26(13)18-4-2-17(23)3-5-18)12-19(27)24-22-9-14-6-15(10-22)8-16(7-14)11-22/h2-5,13-16H,6-12H2,1H3,(H,24,27). The van der Waals surface area contributed by atoms with Crippen LogP contribution in [0.1, 0.15) is 45.4 Å². The minimum atomic E-state index is -0.722. The van der Waals surface area contributed by atoms with Gasteiger partial charge in [0.25, 0.3) is 5.91 Å². The van der Waals surface area contributed by atoms with Crippen LogP contribution in [0.5, 0.6) is 0 Å². The molecule has 1 heterocycles. The zero-order valence-electron chi connectivity index (χ0n) is 16.6. The number of amides is 4. The highest BCUT2D eigenvalue weighted by atomic mass is 19.1. The highest BCUT2D eigenvalue weighted by molar-refractivity contribution is 6.15. The van der Waals surface area contributed by atoms with E-state index in [1.807, 2.05) is 0 Å². The molecule has 7 heteroatoms. The van der Waals surface area contributed by atoms with Gasteiger partial charge in [0.05, 0.1) is 0 Å². The second kappa shape index (κ2) is 6.54. The molecule has 1 aromatic rings. The number of nitrogens with zero attached hydrogens (tertiary/aromatic N) is 2. The lowest BCUT2D eigenvalue weighted by molar-refractivity contribution is -0.134. The van der Waals surface area contributed by atoms with Crippen molar-refractivity contribution in [2.45, 2.75) is 57.0 Å². The Morgan fingerprint density at radius 2 is 1.62 bits per heavy atom. The molecule has 6 nitrogen and oxygen atoms in total. The molecule has 1 N–H and O–H groups in total. The van der Waals surface area contributed by atoms with E-state index in [9.17, 15) is 18.8 Å². The third-order valence-corrected chi connectivity index (χ3v) is 7.30. The van der Waals surface area contributed by atoms with Crippen LogP contribution in [0.25, 0.3) is 0 Å². The number of hydrogen-bond acceptors (Lipinski definition) is 3. The molecule has 1 aromatic carbocycles. The minimum absolute atomic E-state index is 0.153. The maximum Gasteiger partial charge on any atom is 0.332 e. The van der Waals surface area contributed by atoms with Gasteiger partial charge in [0.1, 0.15) is 18.4 Å². The Labute approximate surface area is 169 Å². The number of urea groups is 1. The quantitative estimate of drug-likeness (QED) is 0.791. The summed E-state index contributed by atoms with van der Waals surface area (Å²) >= 11 is 0. The van der Waals surface area contributed by atoms with Crippen molar-refractivity contribution in [3.05, 3.63) is 30.1 Å². The minimum Gasteiger partial charge on any atom is -0.349 e. The molecular weight excluding hydrogens is 373 g/mol. The molecule has 0 radical (unpaired) electrons. The second-order valence-corrected chi connectivity index (χ2v) is 9.48. The van der Waals surface area contributed by atoms with E-state index < -0.39 is 23.8 Å². The summed E-state index contributed by atoms with van der Waals surface area (Å²) in [7, 11) is 0. The van der Waals surface area contributed by atoms with Gasteiger partial charge < -0.3 is 5.32 Å². The van der Waals surface area contributed by atoms with Crippen LogP contribution in [0.2, 0.25) is 0 Å². The molecule has 4 bridgehead atoms.